The number of thioether (sulfide) groups is 1. The van der Waals surface area contributed by atoms with Gasteiger partial charge in [-0.1, -0.05) is 24.3 Å². The second-order valence-corrected chi connectivity index (χ2v) is 6.06. The molecule has 0 aliphatic rings. The van der Waals surface area contributed by atoms with Crippen molar-refractivity contribution < 1.29 is 9.90 Å². The summed E-state index contributed by atoms with van der Waals surface area (Å²) in [5, 5.41) is 18.0. The van der Waals surface area contributed by atoms with E-state index in [0.717, 1.165) is 41.6 Å². The number of hydrogen-bond donors (Lipinski definition) is 1. The van der Waals surface area contributed by atoms with E-state index in [4.69, 9.17) is 5.11 Å². The zero-order valence-corrected chi connectivity index (χ0v) is 13.7. The Balaban J connectivity index is 1.95. The number of rotatable bonds is 10. The maximum absolute atomic E-state index is 10.5. The molecule has 0 fully saturated rings. The molecule has 0 atom stereocenters. The van der Waals surface area contributed by atoms with Crippen molar-refractivity contribution >= 4 is 17.7 Å². The Morgan fingerprint density at radius 2 is 2.04 bits per heavy atom. The van der Waals surface area contributed by atoms with Crippen LogP contribution in [0.4, 0.5) is 0 Å². The van der Waals surface area contributed by atoms with Gasteiger partial charge in [-0.2, -0.15) is 0 Å². The maximum atomic E-state index is 10.5. The molecule has 7 heteroatoms. The lowest BCUT2D eigenvalue weighted by Crippen LogP contribution is -2.01. The second kappa shape index (κ2) is 9.09. The molecule has 0 aliphatic heterocycles. The van der Waals surface area contributed by atoms with E-state index in [2.05, 4.69) is 21.8 Å². The van der Waals surface area contributed by atoms with Gasteiger partial charge in [-0.25, -0.2) is 0 Å². The number of unbranched alkanes of at least 4 members (excludes halogenated alkanes) is 2. The first-order valence-corrected chi connectivity index (χ1v) is 8.50. The number of hydrogen-bond acceptors (Lipinski definition) is 5. The van der Waals surface area contributed by atoms with Gasteiger partial charge in [-0.3, -0.25) is 14.3 Å². The van der Waals surface area contributed by atoms with E-state index in [1.807, 2.05) is 22.8 Å². The molecule has 0 aliphatic carbocycles. The summed E-state index contributed by atoms with van der Waals surface area (Å²) in [6.07, 6.45) is 8.12. The maximum Gasteiger partial charge on any atom is 0.303 e. The Morgan fingerprint density at radius 3 is 2.74 bits per heavy atom. The van der Waals surface area contributed by atoms with Crippen molar-refractivity contribution in [3.63, 3.8) is 0 Å². The molecule has 0 unspecified atom stereocenters. The number of carbonyl (C=O) groups is 1. The quantitative estimate of drug-likeness (QED) is 0.408. The summed E-state index contributed by atoms with van der Waals surface area (Å²) in [5.41, 5.74) is 0.975. The predicted molar refractivity (Wildman–Crippen MR) is 90.3 cm³/mol. The van der Waals surface area contributed by atoms with Gasteiger partial charge in [0.2, 0.25) is 0 Å². The highest BCUT2D eigenvalue weighted by Gasteiger charge is 2.13. The lowest BCUT2D eigenvalue weighted by Gasteiger charge is -2.07. The third-order valence-electron chi connectivity index (χ3n) is 3.23. The van der Waals surface area contributed by atoms with E-state index >= 15 is 0 Å². The van der Waals surface area contributed by atoms with E-state index in [9.17, 15) is 4.79 Å². The molecule has 0 radical (unpaired) electrons. The number of nitrogens with zero attached hydrogens (tertiary/aromatic N) is 4. The first-order chi connectivity index (χ1) is 11.2. The van der Waals surface area contributed by atoms with Gasteiger partial charge >= 0.3 is 5.97 Å². The molecule has 0 spiro atoms. The van der Waals surface area contributed by atoms with E-state index in [-0.39, 0.29) is 6.42 Å². The SMILES string of the molecule is C=CCn1c(SCCCCCC(=O)O)nnc1-c1ccncc1. The van der Waals surface area contributed by atoms with Gasteiger partial charge in [0.15, 0.2) is 11.0 Å². The monoisotopic (exact) mass is 332 g/mol. The van der Waals surface area contributed by atoms with Crippen molar-refractivity contribution in [2.75, 3.05) is 5.75 Å². The second-order valence-electron chi connectivity index (χ2n) is 4.99. The van der Waals surface area contributed by atoms with Gasteiger partial charge in [-0.15, -0.1) is 16.8 Å². The Kier molecular flexibility index (Phi) is 6.80. The normalized spacial score (nSPS) is 10.6. The first-order valence-electron chi connectivity index (χ1n) is 7.51. The van der Waals surface area contributed by atoms with Crippen molar-refractivity contribution in [2.24, 2.45) is 0 Å². The van der Waals surface area contributed by atoms with E-state index in [1.165, 1.54) is 0 Å². The zero-order chi connectivity index (χ0) is 16.5. The molecule has 2 heterocycles. The van der Waals surface area contributed by atoms with Crippen LogP contribution in [0.3, 0.4) is 0 Å². The van der Waals surface area contributed by atoms with Gasteiger partial charge in [0.25, 0.3) is 0 Å². The fraction of sp³-hybridized carbons (Fsp3) is 0.375. The lowest BCUT2D eigenvalue weighted by atomic mass is 10.2. The third kappa shape index (κ3) is 5.21. The molecule has 2 aromatic rings. The first kappa shape index (κ1) is 17.2. The number of aliphatic carboxylic acids is 1. The number of allylic oxidation sites excluding steroid dienone is 1. The molecule has 1 N–H and O–H groups in total. The molecular formula is C16H20N4O2S. The van der Waals surface area contributed by atoms with Crippen LogP contribution in [-0.2, 0) is 11.3 Å². The molecular weight excluding hydrogens is 312 g/mol. The minimum absolute atomic E-state index is 0.240. The Morgan fingerprint density at radius 1 is 1.26 bits per heavy atom. The molecule has 23 heavy (non-hydrogen) atoms. The summed E-state index contributed by atoms with van der Waals surface area (Å²) in [6, 6.07) is 3.81. The average molecular weight is 332 g/mol. The summed E-state index contributed by atoms with van der Waals surface area (Å²) in [7, 11) is 0. The molecule has 6 nitrogen and oxygen atoms in total. The van der Waals surface area contributed by atoms with Crippen molar-refractivity contribution in [2.45, 2.75) is 37.4 Å². The lowest BCUT2D eigenvalue weighted by molar-refractivity contribution is -0.137. The topological polar surface area (TPSA) is 80.9 Å². The van der Waals surface area contributed by atoms with Crippen LogP contribution in [0, 0.1) is 0 Å². The summed E-state index contributed by atoms with van der Waals surface area (Å²) < 4.78 is 2.03. The van der Waals surface area contributed by atoms with Crippen molar-refractivity contribution in [3.05, 3.63) is 37.2 Å². The van der Waals surface area contributed by atoms with E-state index in [1.54, 1.807) is 24.2 Å². The van der Waals surface area contributed by atoms with Crippen LogP contribution in [-0.4, -0.2) is 36.6 Å². The van der Waals surface area contributed by atoms with Crippen LogP contribution in [0.15, 0.2) is 42.3 Å². The average Bonchev–Trinajstić information content (AvgIpc) is 2.94. The van der Waals surface area contributed by atoms with Crippen molar-refractivity contribution in [1.82, 2.24) is 19.7 Å². The number of aromatic nitrogens is 4. The largest absolute Gasteiger partial charge is 0.481 e. The molecule has 2 aromatic heterocycles. The molecule has 0 aromatic carbocycles. The van der Waals surface area contributed by atoms with Crippen molar-refractivity contribution in [1.29, 1.82) is 0 Å². The summed E-state index contributed by atoms with van der Waals surface area (Å²) in [4.78, 5) is 14.5. The number of carboxylic acid groups (broad SMARTS) is 1. The summed E-state index contributed by atoms with van der Waals surface area (Å²) in [5.74, 6) is 0.969. The smallest absolute Gasteiger partial charge is 0.303 e. The predicted octanol–water partition coefficient (Wildman–Crippen LogP) is 3.26. The van der Waals surface area contributed by atoms with Crippen LogP contribution < -0.4 is 0 Å². The molecule has 0 amide bonds. The Hall–Kier alpha value is -2.15. The molecule has 0 bridgehead atoms. The highest BCUT2D eigenvalue weighted by molar-refractivity contribution is 7.99. The van der Waals surface area contributed by atoms with E-state index in [0.29, 0.717) is 6.54 Å². The summed E-state index contributed by atoms with van der Waals surface area (Å²) >= 11 is 1.64. The Labute approximate surface area is 139 Å². The highest BCUT2D eigenvalue weighted by atomic mass is 32.2. The Bertz CT molecular complexity index is 643. The molecule has 0 saturated carbocycles. The van der Waals surface area contributed by atoms with Gasteiger partial charge < -0.3 is 5.11 Å². The van der Waals surface area contributed by atoms with Gasteiger partial charge in [0, 0.05) is 36.7 Å². The molecule has 2 rings (SSSR count). The van der Waals surface area contributed by atoms with Crippen LogP contribution >= 0.6 is 11.8 Å². The van der Waals surface area contributed by atoms with Crippen LogP contribution in [0.2, 0.25) is 0 Å². The standard InChI is InChI=1S/C16H20N4O2S/c1-2-11-20-15(13-7-9-17-10-8-13)18-19-16(20)23-12-5-3-4-6-14(21)22/h2,7-10H,1,3-6,11-12H2,(H,21,22). The molecule has 0 saturated heterocycles. The van der Waals surface area contributed by atoms with Gasteiger partial charge in [0.1, 0.15) is 0 Å². The van der Waals surface area contributed by atoms with Gasteiger partial charge in [0.05, 0.1) is 0 Å². The van der Waals surface area contributed by atoms with Crippen LogP contribution in [0.5, 0.6) is 0 Å². The fourth-order valence-electron chi connectivity index (χ4n) is 2.12. The number of pyridine rings is 1. The van der Waals surface area contributed by atoms with Gasteiger partial charge in [-0.05, 0) is 25.0 Å². The van der Waals surface area contributed by atoms with E-state index < -0.39 is 5.97 Å². The molecule has 122 valence electrons. The van der Waals surface area contributed by atoms with Crippen molar-refractivity contribution in [3.8, 4) is 11.4 Å². The minimum atomic E-state index is -0.731. The minimum Gasteiger partial charge on any atom is -0.481 e. The van der Waals surface area contributed by atoms with Crippen LogP contribution in [0.25, 0.3) is 11.4 Å². The number of carboxylic acids is 1. The zero-order valence-electron chi connectivity index (χ0n) is 12.9. The fourth-order valence-corrected chi connectivity index (χ4v) is 3.07. The summed E-state index contributed by atoms with van der Waals surface area (Å²) in [6.45, 7) is 4.44. The van der Waals surface area contributed by atoms with Crippen LogP contribution in [0.1, 0.15) is 25.7 Å². The highest BCUT2D eigenvalue weighted by Crippen LogP contribution is 2.24. The third-order valence-corrected chi connectivity index (χ3v) is 4.29.